The molecule has 0 aromatic rings. The average Bonchev–Trinajstić information content (AvgIpc) is 2.50. The predicted octanol–water partition coefficient (Wildman–Crippen LogP) is 4.39. The molecule has 0 aliphatic heterocycles. The summed E-state index contributed by atoms with van der Waals surface area (Å²) in [5.41, 5.74) is 0. The molecule has 0 saturated carbocycles. The molecule has 0 aliphatic rings. The third-order valence-corrected chi connectivity index (χ3v) is 5.64. The molecule has 0 aromatic heterocycles. The van der Waals surface area contributed by atoms with E-state index < -0.39 is 8.80 Å². The van der Waals surface area contributed by atoms with Gasteiger partial charge in [-0.15, -0.1) is 6.58 Å². The monoisotopic (exact) mass is 306 g/mol. The van der Waals surface area contributed by atoms with Gasteiger partial charge in [-0.25, -0.2) is 0 Å². The lowest BCUT2D eigenvalue weighted by molar-refractivity contribution is -0.0338. The summed E-state index contributed by atoms with van der Waals surface area (Å²) in [6.07, 6.45) is 7.44. The lowest BCUT2D eigenvalue weighted by Gasteiger charge is -2.25. The Morgan fingerprint density at radius 3 is 2.00 bits per heavy atom. The van der Waals surface area contributed by atoms with E-state index in [1.54, 1.807) is 14.2 Å². The zero-order valence-corrected chi connectivity index (χ0v) is 15.1. The first kappa shape index (κ1) is 22.1. The summed E-state index contributed by atoms with van der Waals surface area (Å²) < 4.78 is 21.8. The number of ether oxygens (including phenoxy) is 1. The molecule has 0 saturated heterocycles. The van der Waals surface area contributed by atoms with Gasteiger partial charge in [0, 0.05) is 26.9 Å². The quantitative estimate of drug-likeness (QED) is 0.232. The van der Waals surface area contributed by atoms with Gasteiger partial charge in [0.05, 0.1) is 0 Å². The first-order valence-electron chi connectivity index (χ1n) is 7.59. The summed E-state index contributed by atoms with van der Waals surface area (Å²) in [5, 5.41) is 0. The van der Waals surface area contributed by atoms with Crippen LogP contribution in [0.1, 0.15) is 52.9 Å². The normalized spacial score (nSPS) is 10.8. The molecule has 0 spiro atoms. The summed E-state index contributed by atoms with van der Waals surface area (Å²) >= 11 is 0. The Morgan fingerprint density at radius 2 is 1.60 bits per heavy atom. The van der Waals surface area contributed by atoms with Crippen LogP contribution in [-0.4, -0.2) is 36.4 Å². The molecule has 0 heterocycles. The molecule has 0 N–H and O–H groups in total. The van der Waals surface area contributed by atoms with Gasteiger partial charge in [-0.2, -0.15) is 0 Å². The highest BCUT2D eigenvalue weighted by Gasteiger charge is 2.37. The van der Waals surface area contributed by atoms with Crippen molar-refractivity contribution in [2.75, 3.05) is 27.6 Å². The standard InChI is InChI=1S/C11H26O4Si.C4H8/c1-5-7-8-9-14-11-15-16(12-3,13-4)10-6-2;1-3-4-2/h5-11H2,1-4H3;3H,1,4H2,2H3. The van der Waals surface area contributed by atoms with Crippen LogP contribution in [-0.2, 0) is 18.0 Å². The predicted molar refractivity (Wildman–Crippen MR) is 86.8 cm³/mol. The van der Waals surface area contributed by atoms with Crippen LogP contribution in [0.4, 0.5) is 0 Å². The zero-order valence-electron chi connectivity index (χ0n) is 14.1. The number of unbranched alkanes of at least 4 members (excludes halogenated alkanes) is 2. The molecule has 0 amide bonds. The van der Waals surface area contributed by atoms with Crippen LogP contribution >= 0.6 is 0 Å². The van der Waals surface area contributed by atoms with Gasteiger partial charge < -0.3 is 18.0 Å². The van der Waals surface area contributed by atoms with E-state index in [9.17, 15) is 0 Å². The van der Waals surface area contributed by atoms with E-state index in [-0.39, 0.29) is 6.79 Å². The molecule has 0 bridgehead atoms. The minimum atomic E-state index is -2.44. The fraction of sp³-hybridized carbons (Fsp3) is 0.867. The van der Waals surface area contributed by atoms with Gasteiger partial charge in [-0.05, 0) is 12.8 Å². The molecule has 5 heteroatoms. The van der Waals surface area contributed by atoms with Crippen molar-refractivity contribution in [3.05, 3.63) is 12.7 Å². The molecular formula is C15H34O4Si. The maximum atomic E-state index is 5.62. The van der Waals surface area contributed by atoms with Crippen molar-refractivity contribution in [1.29, 1.82) is 0 Å². The van der Waals surface area contributed by atoms with Crippen molar-refractivity contribution in [1.82, 2.24) is 0 Å². The molecule has 20 heavy (non-hydrogen) atoms. The Morgan fingerprint density at radius 1 is 1.00 bits per heavy atom. The second kappa shape index (κ2) is 16.9. The molecule has 0 radical (unpaired) electrons. The Balaban J connectivity index is 0. The van der Waals surface area contributed by atoms with Gasteiger partial charge in [0.2, 0.25) is 0 Å². The van der Waals surface area contributed by atoms with Crippen LogP contribution in [0.25, 0.3) is 0 Å². The van der Waals surface area contributed by atoms with Gasteiger partial charge >= 0.3 is 8.80 Å². The summed E-state index contributed by atoms with van der Waals surface area (Å²) in [4.78, 5) is 0. The minimum Gasteiger partial charge on any atom is -0.377 e. The fourth-order valence-corrected chi connectivity index (χ4v) is 3.26. The highest BCUT2D eigenvalue weighted by atomic mass is 28.4. The fourth-order valence-electron chi connectivity index (χ4n) is 1.43. The van der Waals surface area contributed by atoms with Crippen molar-refractivity contribution in [3.8, 4) is 0 Å². The molecule has 0 aliphatic carbocycles. The molecule has 0 aromatic carbocycles. The molecule has 0 rings (SSSR count). The van der Waals surface area contributed by atoms with E-state index in [2.05, 4.69) is 27.4 Å². The number of hydrogen-bond acceptors (Lipinski definition) is 4. The molecule has 0 fully saturated rings. The molecular weight excluding hydrogens is 272 g/mol. The van der Waals surface area contributed by atoms with E-state index in [0.717, 1.165) is 31.9 Å². The second-order valence-electron chi connectivity index (χ2n) is 4.42. The van der Waals surface area contributed by atoms with Crippen LogP contribution in [0.3, 0.4) is 0 Å². The van der Waals surface area contributed by atoms with Crippen molar-refractivity contribution < 1.29 is 18.0 Å². The maximum Gasteiger partial charge on any atom is 0.502 e. The molecule has 122 valence electrons. The van der Waals surface area contributed by atoms with E-state index in [0.29, 0.717) is 0 Å². The van der Waals surface area contributed by atoms with Gasteiger partial charge in [-0.3, -0.25) is 0 Å². The van der Waals surface area contributed by atoms with E-state index in [1.165, 1.54) is 12.8 Å². The lowest BCUT2D eigenvalue weighted by Crippen LogP contribution is -2.44. The number of allylic oxidation sites excluding steroid dienone is 1. The highest BCUT2D eigenvalue weighted by Crippen LogP contribution is 2.15. The SMILES string of the molecule is C=CCC.CCCCCOCO[Si](CCC)(OC)OC. The van der Waals surface area contributed by atoms with E-state index >= 15 is 0 Å². The third-order valence-electron chi connectivity index (χ3n) is 2.72. The van der Waals surface area contributed by atoms with Gasteiger partial charge in [-0.1, -0.05) is 46.1 Å². The topological polar surface area (TPSA) is 36.9 Å². The van der Waals surface area contributed by atoms with Crippen LogP contribution in [0.2, 0.25) is 6.04 Å². The van der Waals surface area contributed by atoms with Crippen LogP contribution in [0.5, 0.6) is 0 Å². The van der Waals surface area contributed by atoms with Crippen molar-refractivity contribution in [2.45, 2.75) is 58.9 Å². The van der Waals surface area contributed by atoms with Crippen LogP contribution < -0.4 is 0 Å². The Kier molecular flexibility index (Phi) is 18.6. The largest absolute Gasteiger partial charge is 0.502 e. The summed E-state index contributed by atoms with van der Waals surface area (Å²) in [6.45, 7) is 10.8. The smallest absolute Gasteiger partial charge is 0.377 e. The lowest BCUT2D eigenvalue weighted by atomic mass is 10.3. The number of rotatable bonds is 12. The van der Waals surface area contributed by atoms with Crippen molar-refractivity contribution >= 4 is 8.80 Å². The second-order valence-corrected chi connectivity index (χ2v) is 7.39. The van der Waals surface area contributed by atoms with E-state index in [1.807, 2.05) is 6.08 Å². The minimum absolute atomic E-state index is 0.275. The summed E-state index contributed by atoms with van der Waals surface area (Å²) in [5.74, 6) is 0. The molecule has 0 unspecified atom stereocenters. The Bertz CT molecular complexity index is 196. The van der Waals surface area contributed by atoms with Gasteiger partial charge in [0.15, 0.2) is 0 Å². The van der Waals surface area contributed by atoms with Gasteiger partial charge in [0.1, 0.15) is 6.79 Å². The first-order valence-corrected chi connectivity index (χ1v) is 9.52. The third kappa shape index (κ3) is 12.8. The van der Waals surface area contributed by atoms with Crippen molar-refractivity contribution in [2.24, 2.45) is 0 Å². The van der Waals surface area contributed by atoms with Crippen LogP contribution in [0, 0.1) is 0 Å². The van der Waals surface area contributed by atoms with Gasteiger partial charge in [0.25, 0.3) is 0 Å². The Labute approximate surface area is 126 Å². The van der Waals surface area contributed by atoms with Crippen LogP contribution in [0.15, 0.2) is 12.7 Å². The summed E-state index contributed by atoms with van der Waals surface area (Å²) in [7, 11) is 0.846. The molecule has 0 atom stereocenters. The average molecular weight is 307 g/mol. The zero-order chi connectivity index (χ0) is 15.7. The maximum absolute atomic E-state index is 5.62. The molecule has 4 nitrogen and oxygen atoms in total. The summed E-state index contributed by atoms with van der Waals surface area (Å²) in [6, 6.07) is 0.832. The Hall–Kier alpha value is -0.203. The van der Waals surface area contributed by atoms with Crippen molar-refractivity contribution in [3.63, 3.8) is 0 Å². The highest BCUT2D eigenvalue weighted by molar-refractivity contribution is 6.60. The van der Waals surface area contributed by atoms with E-state index in [4.69, 9.17) is 18.0 Å². The first-order chi connectivity index (χ1) is 9.66. The number of hydrogen-bond donors (Lipinski definition) is 0.